The molecule has 5 rings (SSSR count). The summed E-state index contributed by atoms with van der Waals surface area (Å²) in [6, 6.07) is 4.57. The van der Waals surface area contributed by atoms with Crippen LogP contribution in [0.15, 0.2) is 18.3 Å². The van der Waals surface area contributed by atoms with Gasteiger partial charge in [-0.1, -0.05) is 6.42 Å². The molecule has 2 N–H and O–H groups in total. The second-order valence-electron chi connectivity index (χ2n) is 10.2. The van der Waals surface area contributed by atoms with Gasteiger partial charge < -0.3 is 34.8 Å². The number of piperidine rings is 2. The van der Waals surface area contributed by atoms with E-state index in [0.29, 0.717) is 31.4 Å². The van der Waals surface area contributed by atoms with Gasteiger partial charge in [-0.15, -0.1) is 0 Å². The Morgan fingerprint density at radius 2 is 1.73 bits per heavy atom. The fraction of sp³-hybridized carbons (Fsp3) is 0.680. The Hall–Kier alpha value is -2.86. The van der Waals surface area contributed by atoms with Crippen molar-refractivity contribution in [2.75, 3.05) is 75.2 Å². The first-order chi connectivity index (χ1) is 18.0. The summed E-state index contributed by atoms with van der Waals surface area (Å²) in [5.41, 5.74) is 0.657. The van der Waals surface area contributed by atoms with Crippen molar-refractivity contribution >= 4 is 41.0 Å². The summed E-state index contributed by atoms with van der Waals surface area (Å²) in [6.07, 6.45) is 6.96. The number of carbonyl (C=O) groups excluding carboxylic acids is 2. The normalized spacial score (nSPS) is 23.8. The van der Waals surface area contributed by atoms with Crippen LogP contribution in [0.3, 0.4) is 0 Å². The molecule has 4 aliphatic rings. The number of piperazine rings is 1. The summed E-state index contributed by atoms with van der Waals surface area (Å²) < 4.78 is 5.32. The maximum absolute atomic E-state index is 13.1. The van der Waals surface area contributed by atoms with Gasteiger partial charge in [-0.25, -0.2) is 14.6 Å². The molecule has 11 nitrogen and oxygen atoms in total. The molecule has 202 valence electrons. The molecule has 0 bridgehead atoms. The lowest BCUT2D eigenvalue weighted by Gasteiger charge is -2.43. The van der Waals surface area contributed by atoms with Crippen molar-refractivity contribution in [2.45, 2.75) is 44.2 Å². The molecule has 0 aliphatic carbocycles. The van der Waals surface area contributed by atoms with Crippen LogP contribution >= 0.6 is 12.2 Å². The highest BCUT2D eigenvalue weighted by atomic mass is 32.1. The van der Waals surface area contributed by atoms with Gasteiger partial charge in [0.05, 0.1) is 25.0 Å². The van der Waals surface area contributed by atoms with E-state index in [1.807, 2.05) is 21.9 Å². The van der Waals surface area contributed by atoms with Gasteiger partial charge in [0.1, 0.15) is 11.9 Å². The van der Waals surface area contributed by atoms with Gasteiger partial charge in [0, 0.05) is 45.3 Å². The molecule has 5 heterocycles. The number of thiocarbonyl (C=S) groups is 1. The molecule has 0 saturated carbocycles. The van der Waals surface area contributed by atoms with Crippen molar-refractivity contribution in [3.63, 3.8) is 0 Å². The first-order valence-electron chi connectivity index (χ1n) is 13.4. The number of hydrogen-bond donors (Lipinski definition) is 2. The van der Waals surface area contributed by atoms with Crippen molar-refractivity contribution in [3.8, 4) is 0 Å². The van der Waals surface area contributed by atoms with E-state index < -0.39 is 12.2 Å². The van der Waals surface area contributed by atoms with E-state index in [1.165, 1.54) is 37.3 Å². The van der Waals surface area contributed by atoms with Gasteiger partial charge in [0.15, 0.2) is 0 Å². The molecule has 0 aromatic carbocycles. The summed E-state index contributed by atoms with van der Waals surface area (Å²) in [5.74, 6) is 0.828. The van der Waals surface area contributed by atoms with Crippen LogP contribution in [0, 0.1) is 0 Å². The summed E-state index contributed by atoms with van der Waals surface area (Å²) in [6.45, 7) is 7.55. The summed E-state index contributed by atoms with van der Waals surface area (Å²) in [4.78, 5) is 40.3. The fourth-order valence-electron chi connectivity index (χ4n) is 5.80. The summed E-state index contributed by atoms with van der Waals surface area (Å²) in [7, 11) is 0. The van der Waals surface area contributed by atoms with Crippen molar-refractivity contribution < 1.29 is 19.4 Å². The van der Waals surface area contributed by atoms with Gasteiger partial charge in [-0.05, 0) is 63.1 Å². The number of likely N-dealkylation sites (tertiary alicyclic amines) is 2. The number of aliphatic hydroxyl groups is 1. The lowest BCUT2D eigenvalue weighted by molar-refractivity contribution is 0.0885. The van der Waals surface area contributed by atoms with Crippen LogP contribution in [0.1, 0.15) is 32.1 Å². The number of rotatable bonds is 5. The van der Waals surface area contributed by atoms with Gasteiger partial charge in [-0.2, -0.15) is 0 Å². The molecule has 1 aromatic heterocycles. The molecule has 4 saturated heterocycles. The lowest BCUT2D eigenvalue weighted by Crippen LogP contribution is -2.55. The molecule has 37 heavy (non-hydrogen) atoms. The molecule has 1 aromatic rings. The number of aliphatic hydroxyl groups excluding tert-OH is 1. The van der Waals surface area contributed by atoms with E-state index in [-0.39, 0.29) is 17.8 Å². The van der Waals surface area contributed by atoms with Crippen LogP contribution in [0.25, 0.3) is 0 Å². The highest BCUT2D eigenvalue weighted by molar-refractivity contribution is 7.79. The largest absolute Gasteiger partial charge is 0.487 e. The standard InChI is InChI=1S/C25H37N7O4S/c33-23(37)27-17-21-18-32(25(35)36-21)20-4-5-22(26-16-20)29-12-14-31(15-13-29)24(34)30-10-6-19(7-11-30)28-8-2-1-3-9-28/h4-5,16,19,21H,1-3,6-15,17-18H2,(H2,27,33,37). The number of nitrogens with one attached hydrogen (secondary N) is 1. The lowest BCUT2D eigenvalue weighted by atomic mass is 10.00. The summed E-state index contributed by atoms with van der Waals surface area (Å²) in [5, 5.41) is 11.4. The van der Waals surface area contributed by atoms with Crippen molar-refractivity contribution in [3.05, 3.63) is 18.3 Å². The smallest absolute Gasteiger partial charge is 0.414 e. The molecule has 3 amide bonds. The Balaban J connectivity index is 1.07. The first kappa shape index (κ1) is 25.8. The molecule has 1 unspecified atom stereocenters. The van der Waals surface area contributed by atoms with Crippen LogP contribution < -0.4 is 15.1 Å². The number of ether oxygens (including phenoxy) is 1. The van der Waals surface area contributed by atoms with Gasteiger partial charge >= 0.3 is 12.1 Å². The molecule has 1 atom stereocenters. The topological polar surface area (TPSA) is 105 Å². The van der Waals surface area contributed by atoms with Crippen molar-refractivity contribution in [1.82, 2.24) is 25.0 Å². The number of carbonyl (C=O) groups is 2. The average molecular weight is 532 g/mol. The van der Waals surface area contributed by atoms with Crippen LogP contribution in [0.2, 0.25) is 0 Å². The zero-order valence-electron chi connectivity index (χ0n) is 21.3. The number of pyridine rings is 1. The highest BCUT2D eigenvalue weighted by Crippen LogP contribution is 2.25. The third-order valence-corrected chi connectivity index (χ3v) is 8.06. The number of nitrogens with zero attached hydrogens (tertiary/aromatic N) is 6. The number of amides is 3. The molecule has 4 aliphatic heterocycles. The Morgan fingerprint density at radius 3 is 2.38 bits per heavy atom. The van der Waals surface area contributed by atoms with Crippen molar-refractivity contribution in [2.24, 2.45) is 0 Å². The minimum Gasteiger partial charge on any atom is -0.487 e. The van der Waals surface area contributed by atoms with E-state index in [0.717, 1.165) is 44.8 Å². The van der Waals surface area contributed by atoms with E-state index in [2.05, 4.69) is 32.3 Å². The third-order valence-electron chi connectivity index (χ3n) is 7.92. The Bertz CT molecular complexity index is 958. The molecule has 4 fully saturated rings. The quantitative estimate of drug-likeness (QED) is 0.552. The average Bonchev–Trinajstić information content (AvgIpc) is 3.32. The van der Waals surface area contributed by atoms with E-state index in [1.54, 1.807) is 6.20 Å². The van der Waals surface area contributed by atoms with Gasteiger partial charge in [0.2, 0.25) is 0 Å². The maximum atomic E-state index is 13.1. The van der Waals surface area contributed by atoms with E-state index in [4.69, 9.17) is 9.84 Å². The highest BCUT2D eigenvalue weighted by Gasteiger charge is 2.33. The Morgan fingerprint density at radius 1 is 1.03 bits per heavy atom. The number of aromatic nitrogens is 1. The van der Waals surface area contributed by atoms with Crippen LogP contribution in [-0.4, -0.2) is 120 Å². The number of anilines is 2. The molecular weight excluding hydrogens is 494 g/mol. The maximum Gasteiger partial charge on any atom is 0.414 e. The van der Waals surface area contributed by atoms with Crippen molar-refractivity contribution in [1.29, 1.82) is 0 Å². The number of urea groups is 1. The molecular formula is C25H37N7O4S. The van der Waals surface area contributed by atoms with E-state index in [9.17, 15) is 9.59 Å². The first-order valence-corrected chi connectivity index (χ1v) is 13.8. The van der Waals surface area contributed by atoms with E-state index >= 15 is 0 Å². The SMILES string of the molecule is O=C(N1CCC(N2CCCCC2)CC1)N1CCN(c2ccc(N3CC(CNC(O)=S)OC3=O)cn2)CC1. The van der Waals surface area contributed by atoms with Gasteiger partial charge in [-0.3, -0.25) is 4.90 Å². The van der Waals surface area contributed by atoms with Crippen LogP contribution in [0.5, 0.6) is 0 Å². The number of cyclic esters (lactones) is 1. The Labute approximate surface area is 223 Å². The zero-order valence-corrected chi connectivity index (χ0v) is 22.1. The third kappa shape index (κ3) is 6.18. The summed E-state index contributed by atoms with van der Waals surface area (Å²) >= 11 is 4.59. The minimum absolute atomic E-state index is 0.165. The Kier molecular flexibility index (Phi) is 8.14. The molecule has 12 heteroatoms. The van der Waals surface area contributed by atoms with Gasteiger partial charge in [0.25, 0.3) is 5.17 Å². The predicted molar refractivity (Wildman–Crippen MR) is 144 cm³/mol. The fourth-order valence-corrected chi connectivity index (χ4v) is 5.88. The predicted octanol–water partition coefficient (Wildman–Crippen LogP) is 2.03. The molecule has 0 radical (unpaired) electrons. The zero-order chi connectivity index (χ0) is 25.8. The number of hydrogen-bond acceptors (Lipinski definition) is 7. The second kappa shape index (κ2) is 11.7. The minimum atomic E-state index is -0.447. The second-order valence-corrected chi connectivity index (χ2v) is 10.6. The molecule has 0 spiro atoms. The monoisotopic (exact) mass is 531 g/mol. The van der Waals surface area contributed by atoms with Crippen LogP contribution in [-0.2, 0) is 4.74 Å². The van der Waals surface area contributed by atoms with Crippen LogP contribution in [0.4, 0.5) is 21.1 Å².